The van der Waals surface area contributed by atoms with Crippen molar-refractivity contribution in [1.82, 2.24) is 0 Å². The third kappa shape index (κ3) is 1820. The Morgan fingerprint density at radius 1 is 0.250 bits per heavy atom. The number of aliphatic hydroxyl groups excluding tert-OH is 2. The molecule has 22 heteroatoms. The highest BCUT2D eigenvalue weighted by atomic mass is 35.6. The Bertz CT molecular complexity index is 87.4. The van der Waals surface area contributed by atoms with E-state index in [0.717, 1.165) is 0 Å². The van der Waals surface area contributed by atoms with E-state index < -0.39 is 0 Å². The summed E-state index contributed by atoms with van der Waals surface area (Å²) >= 11 is 95.3. The third-order valence-corrected chi connectivity index (χ3v) is 0. The molecule has 0 saturated heterocycles. The monoisotopic (exact) mass is 932 g/mol. The lowest BCUT2D eigenvalue weighted by Gasteiger charge is -1.52. The summed E-state index contributed by atoms with van der Waals surface area (Å²) < 4.78 is 0. The van der Waals surface area contributed by atoms with Gasteiger partial charge in [-0.3, -0.25) is 0 Å². The van der Waals surface area contributed by atoms with E-state index in [2.05, 4.69) is 0 Å². The van der Waals surface area contributed by atoms with E-state index >= 15 is 0 Å². The molecule has 0 rings (SSSR count). The average molecular weight is 941 g/mol. The fourth-order valence-corrected chi connectivity index (χ4v) is 0. The zero-order chi connectivity index (χ0) is 32.5. The zero-order valence-corrected chi connectivity index (χ0v) is 34.1. The molecule has 0 aromatic rings. The maximum absolute atomic E-state index is 7.57. The standard InChI is InChI=1S/2C2H6O.10CH2Cl2/c2*1-2-3;10*2-1-3/h2*3H,2H2,1H3;10*1H2. The van der Waals surface area contributed by atoms with Crippen molar-refractivity contribution < 1.29 is 10.2 Å². The van der Waals surface area contributed by atoms with Crippen molar-refractivity contribution in [3.05, 3.63) is 0 Å². The molecule has 0 saturated carbocycles. The quantitative estimate of drug-likeness (QED) is 0.238. The highest BCUT2D eigenvalue weighted by Crippen LogP contribution is 1.75. The Kier molecular flexibility index (Phi) is 445. The molecule has 0 aromatic carbocycles. The molecule has 0 fully saturated rings. The first-order valence-corrected chi connectivity index (χ1v) is 18.1. The molecule has 0 aliphatic heterocycles. The van der Waals surface area contributed by atoms with Crippen LogP contribution in [0, 0.1) is 0 Å². The average Bonchev–Trinajstić information content (AvgIpc) is 2.75. The first-order valence-electron chi connectivity index (χ1n) is 7.39. The number of halogens is 20. The van der Waals surface area contributed by atoms with Crippen LogP contribution in [0.15, 0.2) is 0 Å². The summed E-state index contributed by atoms with van der Waals surface area (Å²) in [4.78, 5) is 0. The van der Waals surface area contributed by atoms with Gasteiger partial charge in [0.1, 0.15) is 0 Å². The molecule has 0 spiro atoms. The maximum Gasteiger partial charge on any atom is 0.0967 e. The number of hydrogen-bond acceptors (Lipinski definition) is 2. The zero-order valence-electron chi connectivity index (χ0n) is 18.9. The summed E-state index contributed by atoms with van der Waals surface area (Å²) in [6.45, 7) is 3.86. The number of aliphatic hydroxyl groups is 2. The van der Waals surface area contributed by atoms with Crippen LogP contribution in [0.1, 0.15) is 13.8 Å². The van der Waals surface area contributed by atoms with Crippen molar-refractivity contribution >= 4 is 232 Å². The minimum absolute atomic E-state index is 0.194. The summed E-state index contributed by atoms with van der Waals surface area (Å²) in [5, 5.41) is 17.1. The number of rotatable bonds is 0. The molecule has 2 N–H and O–H groups in total. The highest BCUT2D eigenvalue weighted by molar-refractivity contribution is 6.43. The molecule has 2 nitrogen and oxygen atoms in total. The maximum atomic E-state index is 7.57. The Labute approximate surface area is 318 Å². The summed E-state index contributed by atoms with van der Waals surface area (Å²) in [6.07, 6.45) is 0. The van der Waals surface area contributed by atoms with Crippen LogP contribution in [0.4, 0.5) is 0 Å². The van der Waals surface area contributed by atoms with Crippen molar-refractivity contribution in [3.63, 3.8) is 0 Å². The molecule has 0 bridgehead atoms. The molecule has 0 atom stereocenters. The van der Waals surface area contributed by atoms with Gasteiger partial charge in [-0.1, -0.05) is 0 Å². The molecule has 0 radical (unpaired) electrons. The minimum atomic E-state index is 0.194. The van der Waals surface area contributed by atoms with Crippen molar-refractivity contribution in [2.75, 3.05) is 66.6 Å². The molecular formula is C14H32Cl20O2. The topological polar surface area (TPSA) is 40.5 Å². The largest absolute Gasteiger partial charge is 0.397 e. The van der Waals surface area contributed by atoms with E-state index in [4.69, 9.17) is 242 Å². The van der Waals surface area contributed by atoms with E-state index in [0.29, 0.717) is 0 Å². The van der Waals surface area contributed by atoms with E-state index in [-0.39, 0.29) is 66.6 Å². The number of alkyl halides is 20. The third-order valence-electron chi connectivity index (χ3n) is 0. The summed E-state index contributed by atoms with van der Waals surface area (Å²) in [7, 11) is 0. The van der Waals surface area contributed by atoms with Crippen LogP contribution in [0.5, 0.6) is 0 Å². The van der Waals surface area contributed by atoms with Gasteiger partial charge in [0.2, 0.25) is 0 Å². The molecule has 0 heterocycles. The molecule has 0 unspecified atom stereocenters. The van der Waals surface area contributed by atoms with Gasteiger partial charge in [-0.15, -0.1) is 232 Å². The van der Waals surface area contributed by atoms with Crippen molar-refractivity contribution in [2.24, 2.45) is 0 Å². The molecule has 0 amide bonds. The van der Waals surface area contributed by atoms with Gasteiger partial charge in [0, 0.05) is 13.2 Å². The van der Waals surface area contributed by atoms with Gasteiger partial charge in [0.25, 0.3) is 0 Å². The molecule has 0 aliphatic carbocycles. The molecule has 36 heavy (non-hydrogen) atoms. The van der Waals surface area contributed by atoms with E-state index in [1.165, 1.54) is 0 Å². The lowest BCUT2D eigenvalue weighted by atomic mass is 10.9. The Morgan fingerprint density at radius 3 is 0.250 bits per heavy atom. The van der Waals surface area contributed by atoms with Gasteiger partial charge in [-0.2, -0.15) is 0 Å². The van der Waals surface area contributed by atoms with Gasteiger partial charge < -0.3 is 10.2 Å². The van der Waals surface area contributed by atoms with Crippen LogP contribution in [-0.4, -0.2) is 76.8 Å². The summed E-state index contributed by atoms with van der Waals surface area (Å²) in [5.41, 5.74) is 0. The molecule has 0 aliphatic rings. The van der Waals surface area contributed by atoms with Gasteiger partial charge >= 0.3 is 0 Å². The molecule has 240 valence electrons. The van der Waals surface area contributed by atoms with Crippen molar-refractivity contribution in [1.29, 1.82) is 0 Å². The van der Waals surface area contributed by atoms with Crippen LogP contribution in [-0.2, 0) is 0 Å². The minimum Gasteiger partial charge on any atom is -0.397 e. The second kappa shape index (κ2) is 205. The Hall–Kier alpha value is 5.72. The second-order valence-corrected chi connectivity index (χ2v) is 9.72. The SMILES string of the molecule is CCO.CCO.ClCCl.ClCCl.ClCCl.ClCCl.ClCCl.ClCCl.ClCCl.ClCCl.ClCCl.ClCCl. The Morgan fingerprint density at radius 2 is 0.250 bits per heavy atom. The molecular weight excluding hydrogens is 909 g/mol. The van der Waals surface area contributed by atoms with E-state index in [1.54, 1.807) is 13.8 Å². The predicted octanol–water partition coefficient (Wildman–Crippen LogP) is 14.2. The Balaban J connectivity index is -0.0000000175. The summed E-state index contributed by atoms with van der Waals surface area (Å²) in [5.74, 6) is 0. The van der Waals surface area contributed by atoms with E-state index in [9.17, 15) is 0 Å². The molecule has 0 aromatic heterocycles. The fraction of sp³-hybridized carbons (Fsp3) is 1.00. The number of hydrogen-bond donors (Lipinski definition) is 2. The summed E-state index contributed by atoms with van der Waals surface area (Å²) in [6, 6.07) is 0. The van der Waals surface area contributed by atoms with Crippen LogP contribution < -0.4 is 0 Å². The fourth-order valence-electron chi connectivity index (χ4n) is 0. The smallest absolute Gasteiger partial charge is 0.0967 e. The van der Waals surface area contributed by atoms with E-state index in [1.807, 2.05) is 0 Å². The first kappa shape index (κ1) is 78.3. The lowest BCUT2D eigenvalue weighted by molar-refractivity contribution is 0.318. The van der Waals surface area contributed by atoms with Crippen LogP contribution in [0.3, 0.4) is 0 Å². The van der Waals surface area contributed by atoms with Gasteiger partial charge in [0.15, 0.2) is 0 Å². The lowest BCUT2D eigenvalue weighted by Crippen LogP contribution is -1.57. The van der Waals surface area contributed by atoms with Gasteiger partial charge in [-0.05, 0) is 13.8 Å². The van der Waals surface area contributed by atoms with Crippen LogP contribution in [0.2, 0.25) is 0 Å². The predicted molar refractivity (Wildman–Crippen MR) is 191 cm³/mol. The van der Waals surface area contributed by atoms with Crippen molar-refractivity contribution in [3.8, 4) is 0 Å². The van der Waals surface area contributed by atoms with Crippen molar-refractivity contribution in [2.45, 2.75) is 13.8 Å². The van der Waals surface area contributed by atoms with Gasteiger partial charge in [-0.25, -0.2) is 0 Å². The second-order valence-electron chi connectivity index (χ2n) is 1.64. The normalized spacial score (nSPS) is 6.00. The first-order chi connectivity index (χ1) is 17.0. The van der Waals surface area contributed by atoms with Gasteiger partial charge in [0.05, 0.1) is 53.4 Å². The van der Waals surface area contributed by atoms with Crippen LogP contribution in [0.25, 0.3) is 0 Å². The highest BCUT2D eigenvalue weighted by Gasteiger charge is 1.44. The van der Waals surface area contributed by atoms with Crippen LogP contribution >= 0.6 is 232 Å².